The number of nitrogens with one attached hydrogen (secondary N) is 1. The summed E-state index contributed by atoms with van der Waals surface area (Å²) in [5.41, 5.74) is 7.24. The average Bonchev–Trinajstić information content (AvgIpc) is 2.69. The second-order valence-corrected chi connectivity index (χ2v) is 4.49. The number of nitrogens with zero attached hydrogens (tertiary/aromatic N) is 1. The predicted octanol–water partition coefficient (Wildman–Crippen LogP) is 3.12. The van der Waals surface area contributed by atoms with Gasteiger partial charge in [0, 0.05) is 12.1 Å². The number of anilines is 2. The van der Waals surface area contributed by atoms with Crippen LogP contribution in [-0.2, 0) is 0 Å². The first-order valence-electron chi connectivity index (χ1n) is 4.83. The van der Waals surface area contributed by atoms with E-state index in [1.54, 1.807) is 0 Å². The van der Waals surface area contributed by atoms with Crippen LogP contribution >= 0.6 is 11.3 Å². The van der Waals surface area contributed by atoms with Crippen molar-refractivity contribution in [3.63, 3.8) is 0 Å². The summed E-state index contributed by atoms with van der Waals surface area (Å²) < 4.78 is 26.3. The largest absolute Gasteiger partial charge is 0.383 e. The molecule has 86 valence electrons. The van der Waals surface area contributed by atoms with Crippen LogP contribution in [0.15, 0.2) is 28.6 Å². The van der Waals surface area contributed by atoms with Crippen LogP contribution in [0.5, 0.6) is 0 Å². The molecule has 3 N–H and O–H groups in total. The van der Waals surface area contributed by atoms with Crippen LogP contribution in [0.25, 0.3) is 0 Å². The first-order valence-corrected chi connectivity index (χ1v) is 5.71. The van der Waals surface area contributed by atoms with E-state index in [9.17, 15) is 8.78 Å². The number of hydrogen-bond acceptors (Lipinski definition) is 4. The SMILES string of the molecule is NC1=Nc2cc(F)c(F)cc2Nc2sccc21. The van der Waals surface area contributed by atoms with Gasteiger partial charge in [0.15, 0.2) is 11.6 Å². The maximum atomic E-state index is 13.1. The second kappa shape index (κ2) is 3.53. The van der Waals surface area contributed by atoms with Crippen molar-refractivity contribution in [2.24, 2.45) is 10.7 Å². The fourth-order valence-electron chi connectivity index (χ4n) is 1.65. The number of benzene rings is 1. The van der Waals surface area contributed by atoms with E-state index in [1.165, 1.54) is 11.3 Å². The van der Waals surface area contributed by atoms with Gasteiger partial charge in [-0.25, -0.2) is 13.8 Å². The first kappa shape index (κ1) is 10.2. The number of fused-ring (bicyclic) bond motifs is 2. The standard InChI is InChI=1S/C11H7F2N3S/c12-6-3-8-9(4-7(6)13)16-11-5(1-2-17-11)10(14)15-8/h1-4,16H,(H2,14,15). The monoisotopic (exact) mass is 251 g/mol. The lowest BCUT2D eigenvalue weighted by molar-refractivity contribution is 0.509. The smallest absolute Gasteiger partial charge is 0.161 e. The Bertz CT molecular complexity index is 634. The normalized spacial score (nSPS) is 13.2. The summed E-state index contributed by atoms with van der Waals surface area (Å²) in [7, 11) is 0. The highest BCUT2D eigenvalue weighted by atomic mass is 32.1. The molecule has 1 aliphatic rings. The molecule has 0 aliphatic carbocycles. The number of thiophene rings is 1. The molecule has 1 aliphatic heterocycles. The molecule has 3 rings (SSSR count). The van der Waals surface area contributed by atoms with Crippen molar-refractivity contribution in [3.8, 4) is 0 Å². The van der Waals surface area contributed by atoms with Gasteiger partial charge in [0.1, 0.15) is 10.8 Å². The zero-order valence-electron chi connectivity index (χ0n) is 8.50. The third kappa shape index (κ3) is 1.57. The Labute approximate surface area is 99.6 Å². The van der Waals surface area contributed by atoms with Gasteiger partial charge in [-0.2, -0.15) is 0 Å². The van der Waals surface area contributed by atoms with Gasteiger partial charge < -0.3 is 11.1 Å². The third-order valence-corrected chi connectivity index (χ3v) is 3.30. The summed E-state index contributed by atoms with van der Waals surface area (Å²) in [5, 5.41) is 5.62. The van der Waals surface area contributed by atoms with Gasteiger partial charge in [-0.15, -0.1) is 11.3 Å². The van der Waals surface area contributed by atoms with Gasteiger partial charge in [-0.3, -0.25) is 0 Å². The molecule has 0 saturated heterocycles. The van der Waals surface area contributed by atoms with Crippen molar-refractivity contribution >= 4 is 33.5 Å². The molecule has 1 aromatic heterocycles. The minimum absolute atomic E-state index is 0.290. The van der Waals surface area contributed by atoms with Crippen molar-refractivity contribution < 1.29 is 8.78 Å². The zero-order chi connectivity index (χ0) is 12.0. The fraction of sp³-hybridized carbons (Fsp3) is 0. The summed E-state index contributed by atoms with van der Waals surface area (Å²) in [6.45, 7) is 0. The number of halogens is 2. The van der Waals surface area contributed by atoms with Crippen molar-refractivity contribution in [1.82, 2.24) is 0 Å². The predicted molar refractivity (Wildman–Crippen MR) is 64.3 cm³/mol. The molecule has 0 bridgehead atoms. The molecule has 0 atom stereocenters. The molecule has 0 radical (unpaired) electrons. The van der Waals surface area contributed by atoms with Crippen LogP contribution in [0.2, 0.25) is 0 Å². The maximum absolute atomic E-state index is 13.1. The Morgan fingerprint density at radius 3 is 2.82 bits per heavy atom. The summed E-state index contributed by atoms with van der Waals surface area (Å²) in [4.78, 5) is 4.09. The summed E-state index contributed by atoms with van der Waals surface area (Å²) in [6, 6.07) is 3.92. The van der Waals surface area contributed by atoms with Crippen LogP contribution in [-0.4, -0.2) is 5.84 Å². The molecule has 6 heteroatoms. The number of aliphatic imine (C=N–C) groups is 1. The van der Waals surface area contributed by atoms with E-state index in [0.29, 0.717) is 17.2 Å². The first-order chi connectivity index (χ1) is 8.15. The lowest BCUT2D eigenvalue weighted by atomic mass is 10.2. The van der Waals surface area contributed by atoms with Crippen molar-refractivity contribution in [2.75, 3.05) is 5.32 Å². The zero-order valence-corrected chi connectivity index (χ0v) is 9.31. The van der Waals surface area contributed by atoms with E-state index >= 15 is 0 Å². The van der Waals surface area contributed by atoms with Crippen LogP contribution in [0.4, 0.5) is 25.2 Å². The number of nitrogens with two attached hydrogens (primary N) is 1. The van der Waals surface area contributed by atoms with E-state index in [0.717, 1.165) is 22.7 Å². The minimum atomic E-state index is -0.938. The Balaban J connectivity index is 2.24. The highest BCUT2D eigenvalue weighted by Gasteiger charge is 2.17. The van der Waals surface area contributed by atoms with E-state index in [4.69, 9.17) is 5.73 Å². The molecule has 0 fully saturated rings. The van der Waals surface area contributed by atoms with Gasteiger partial charge >= 0.3 is 0 Å². The van der Waals surface area contributed by atoms with Crippen LogP contribution in [0.3, 0.4) is 0 Å². The van der Waals surface area contributed by atoms with Gasteiger partial charge in [-0.05, 0) is 11.4 Å². The quantitative estimate of drug-likeness (QED) is 0.755. The highest BCUT2D eigenvalue weighted by Crippen LogP contribution is 2.37. The lowest BCUT2D eigenvalue weighted by Crippen LogP contribution is -2.11. The summed E-state index contributed by atoms with van der Waals surface area (Å²) >= 11 is 1.43. The van der Waals surface area contributed by atoms with Crippen molar-refractivity contribution in [3.05, 3.63) is 40.8 Å². The molecule has 0 spiro atoms. The fourth-order valence-corrected chi connectivity index (χ4v) is 2.46. The summed E-state index contributed by atoms with van der Waals surface area (Å²) in [6.07, 6.45) is 0. The number of hydrogen-bond donors (Lipinski definition) is 2. The average molecular weight is 251 g/mol. The molecule has 3 nitrogen and oxygen atoms in total. The molecule has 2 aromatic rings. The minimum Gasteiger partial charge on any atom is -0.383 e. The third-order valence-electron chi connectivity index (χ3n) is 2.47. The number of amidine groups is 1. The Hall–Kier alpha value is -1.95. The molecule has 0 amide bonds. The Morgan fingerprint density at radius 2 is 2.00 bits per heavy atom. The highest BCUT2D eigenvalue weighted by molar-refractivity contribution is 7.14. The van der Waals surface area contributed by atoms with E-state index in [1.807, 2.05) is 11.4 Å². The van der Waals surface area contributed by atoms with E-state index in [2.05, 4.69) is 10.3 Å². The van der Waals surface area contributed by atoms with Gasteiger partial charge in [0.25, 0.3) is 0 Å². The van der Waals surface area contributed by atoms with Crippen LogP contribution < -0.4 is 11.1 Å². The molecular formula is C11H7F2N3S. The van der Waals surface area contributed by atoms with Gasteiger partial charge in [-0.1, -0.05) is 0 Å². The number of rotatable bonds is 0. The van der Waals surface area contributed by atoms with E-state index < -0.39 is 11.6 Å². The second-order valence-electron chi connectivity index (χ2n) is 3.57. The maximum Gasteiger partial charge on any atom is 0.161 e. The lowest BCUT2D eigenvalue weighted by Gasteiger charge is -2.06. The Kier molecular flexibility index (Phi) is 2.12. The van der Waals surface area contributed by atoms with Gasteiger partial charge in [0.2, 0.25) is 0 Å². The van der Waals surface area contributed by atoms with Crippen LogP contribution in [0, 0.1) is 11.6 Å². The van der Waals surface area contributed by atoms with Gasteiger partial charge in [0.05, 0.1) is 16.9 Å². The molecule has 0 unspecified atom stereocenters. The molecule has 17 heavy (non-hydrogen) atoms. The van der Waals surface area contributed by atoms with Crippen molar-refractivity contribution in [1.29, 1.82) is 0 Å². The van der Waals surface area contributed by atoms with E-state index in [-0.39, 0.29) is 0 Å². The molecule has 0 saturated carbocycles. The topological polar surface area (TPSA) is 50.4 Å². The van der Waals surface area contributed by atoms with Crippen molar-refractivity contribution in [2.45, 2.75) is 0 Å². The summed E-state index contributed by atoms with van der Waals surface area (Å²) in [5.74, 6) is -1.56. The van der Waals surface area contributed by atoms with Crippen LogP contribution in [0.1, 0.15) is 5.56 Å². The molecular weight excluding hydrogens is 244 g/mol. The molecule has 1 aromatic carbocycles. The molecule has 2 heterocycles. The Morgan fingerprint density at radius 1 is 1.24 bits per heavy atom.